The summed E-state index contributed by atoms with van der Waals surface area (Å²) in [6.07, 6.45) is 4.28. The smallest absolute Gasteiger partial charge is 0.0925 e. The highest BCUT2D eigenvalue weighted by Gasteiger charge is 2.19. The highest BCUT2D eigenvalue weighted by atomic mass is 15.2. The van der Waals surface area contributed by atoms with Gasteiger partial charge in [0.05, 0.1) is 5.84 Å². The molecule has 3 nitrogen and oxygen atoms in total. The molecule has 0 spiro atoms. The summed E-state index contributed by atoms with van der Waals surface area (Å²) in [4.78, 5) is 2.41. The van der Waals surface area contributed by atoms with E-state index in [2.05, 4.69) is 36.1 Å². The maximum Gasteiger partial charge on any atom is 0.0925 e. The van der Waals surface area contributed by atoms with Crippen molar-refractivity contribution in [3.05, 3.63) is 29.8 Å². The fourth-order valence-corrected chi connectivity index (χ4v) is 2.61. The minimum absolute atomic E-state index is 0.277. The van der Waals surface area contributed by atoms with Gasteiger partial charge in [-0.1, -0.05) is 18.2 Å². The Balaban J connectivity index is 2.25. The zero-order valence-corrected chi connectivity index (χ0v) is 10.4. The van der Waals surface area contributed by atoms with E-state index in [-0.39, 0.29) is 5.84 Å². The van der Waals surface area contributed by atoms with Crippen molar-refractivity contribution in [2.45, 2.75) is 38.6 Å². The standard InChI is InChI=1S/C14H21N3/c1-11(10-14(15)16)17-9-5-4-7-12-6-2-3-8-13(12)17/h2-3,6,8,11H,4-5,7,9-10H2,1H3,(H3,15,16). The number of hydrogen-bond donors (Lipinski definition) is 2. The molecule has 1 heterocycles. The van der Waals surface area contributed by atoms with Gasteiger partial charge < -0.3 is 10.6 Å². The molecule has 92 valence electrons. The highest BCUT2D eigenvalue weighted by Crippen LogP contribution is 2.28. The number of fused-ring (bicyclic) bond motifs is 1. The Morgan fingerprint density at radius 2 is 2.18 bits per heavy atom. The molecule has 3 N–H and O–H groups in total. The number of anilines is 1. The second-order valence-corrected chi connectivity index (χ2v) is 4.86. The lowest BCUT2D eigenvalue weighted by Crippen LogP contribution is -2.36. The predicted molar refractivity (Wildman–Crippen MR) is 72.7 cm³/mol. The number of rotatable bonds is 3. The fourth-order valence-electron chi connectivity index (χ4n) is 2.61. The van der Waals surface area contributed by atoms with Gasteiger partial charge in [0, 0.05) is 24.7 Å². The van der Waals surface area contributed by atoms with E-state index < -0.39 is 0 Å². The minimum Gasteiger partial charge on any atom is -0.388 e. The third-order valence-electron chi connectivity index (χ3n) is 3.44. The summed E-state index contributed by atoms with van der Waals surface area (Å²) in [5.41, 5.74) is 8.28. The van der Waals surface area contributed by atoms with Crippen molar-refractivity contribution in [1.82, 2.24) is 0 Å². The summed E-state index contributed by atoms with van der Waals surface area (Å²) >= 11 is 0. The molecule has 1 aromatic carbocycles. The molecule has 1 aromatic rings. The first-order valence-corrected chi connectivity index (χ1v) is 6.36. The normalized spacial score (nSPS) is 17.1. The van der Waals surface area contributed by atoms with Crippen LogP contribution in [0.1, 0.15) is 31.7 Å². The molecular formula is C14H21N3. The van der Waals surface area contributed by atoms with Gasteiger partial charge in [-0.25, -0.2) is 0 Å². The summed E-state index contributed by atoms with van der Waals surface area (Å²) in [5.74, 6) is 0.277. The molecule has 1 aliphatic heterocycles. The molecule has 0 bridgehead atoms. The van der Waals surface area contributed by atoms with Gasteiger partial charge in [0.2, 0.25) is 0 Å². The number of para-hydroxylation sites is 1. The van der Waals surface area contributed by atoms with Crippen molar-refractivity contribution in [1.29, 1.82) is 5.41 Å². The van der Waals surface area contributed by atoms with Crippen molar-refractivity contribution in [3.63, 3.8) is 0 Å². The Labute approximate surface area is 103 Å². The quantitative estimate of drug-likeness (QED) is 0.620. The average molecular weight is 231 g/mol. The Bertz CT molecular complexity index is 400. The fraction of sp³-hybridized carbons (Fsp3) is 0.500. The van der Waals surface area contributed by atoms with E-state index >= 15 is 0 Å². The first-order valence-electron chi connectivity index (χ1n) is 6.36. The highest BCUT2D eigenvalue weighted by molar-refractivity contribution is 5.78. The van der Waals surface area contributed by atoms with E-state index in [0.29, 0.717) is 12.5 Å². The van der Waals surface area contributed by atoms with Crippen LogP contribution in [0.2, 0.25) is 0 Å². The van der Waals surface area contributed by atoms with E-state index in [1.807, 2.05) is 0 Å². The summed E-state index contributed by atoms with van der Waals surface area (Å²) in [5, 5.41) is 7.43. The second-order valence-electron chi connectivity index (χ2n) is 4.86. The van der Waals surface area contributed by atoms with E-state index in [1.165, 1.54) is 30.5 Å². The van der Waals surface area contributed by atoms with Gasteiger partial charge >= 0.3 is 0 Å². The van der Waals surface area contributed by atoms with Crippen LogP contribution in [0.5, 0.6) is 0 Å². The van der Waals surface area contributed by atoms with Crippen LogP contribution < -0.4 is 10.6 Å². The summed E-state index contributed by atoms with van der Waals surface area (Å²) < 4.78 is 0. The summed E-state index contributed by atoms with van der Waals surface area (Å²) in [7, 11) is 0. The summed E-state index contributed by atoms with van der Waals surface area (Å²) in [6, 6.07) is 8.92. The van der Waals surface area contributed by atoms with E-state index in [4.69, 9.17) is 11.1 Å². The lowest BCUT2D eigenvalue weighted by Gasteiger charge is -2.31. The first kappa shape index (κ1) is 12.0. The summed E-state index contributed by atoms with van der Waals surface area (Å²) in [6.45, 7) is 3.23. The van der Waals surface area contributed by atoms with Crippen LogP contribution in [0.15, 0.2) is 24.3 Å². The van der Waals surface area contributed by atoms with Crippen molar-refractivity contribution in [2.75, 3.05) is 11.4 Å². The van der Waals surface area contributed by atoms with Gasteiger partial charge in [-0.05, 0) is 37.8 Å². The molecule has 1 unspecified atom stereocenters. The number of hydrogen-bond acceptors (Lipinski definition) is 2. The van der Waals surface area contributed by atoms with Crippen molar-refractivity contribution in [2.24, 2.45) is 5.73 Å². The van der Waals surface area contributed by atoms with Gasteiger partial charge in [-0.2, -0.15) is 0 Å². The molecule has 3 heteroatoms. The predicted octanol–water partition coefficient (Wildman–Crippen LogP) is 2.54. The van der Waals surface area contributed by atoms with Crippen LogP contribution in [0.25, 0.3) is 0 Å². The van der Waals surface area contributed by atoms with E-state index in [0.717, 1.165) is 6.54 Å². The van der Waals surface area contributed by atoms with Crippen LogP contribution in [0, 0.1) is 5.41 Å². The topological polar surface area (TPSA) is 53.1 Å². The lowest BCUT2D eigenvalue weighted by molar-refractivity contribution is 0.628. The number of nitrogens with one attached hydrogen (secondary N) is 1. The molecule has 0 saturated carbocycles. The van der Waals surface area contributed by atoms with Crippen molar-refractivity contribution < 1.29 is 0 Å². The Kier molecular flexibility index (Phi) is 3.67. The molecule has 2 rings (SSSR count). The third-order valence-corrected chi connectivity index (χ3v) is 3.44. The molecular weight excluding hydrogens is 210 g/mol. The second kappa shape index (κ2) is 5.21. The minimum atomic E-state index is 0.277. The Morgan fingerprint density at radius 3 is 2.94 bits per heavy atom. The van der Waals surface area contributed by atoms with Crippen molar-refractivity contribution >= 4 is 11.5 Å². The molecule has 1 aliphatic rings. The SMILES string of the molecule is CC(CC(=N)N)N1CCCCc2ccccc21. The van der Waals surface area contributed by atoms with Gasteiger partial charge in [0.15, 0.2) is 0 Å². The maximum atomic E-state index is 7.43. The number of aryl methyl sites for hydroxylation is 1. The van der Waals surface area contributed by atoms with Gasteiger partial charge in [-0.15, -0.1) is 0 Å². The number of nitrogens with two attached hydrogens (primary N) is 1. The maximum absolute atomic E-state index is 7.43. The molecule has 1 atom stereocenters. The monoisotopic (exact) mass is 231 g/mol. The molecule has 0 amide bonds. The number of benzene rings is 1. The number of amidine groups is 1. The molecule has 0 fully saturated rings. The van der Waals surface area contributed by atoms with Crippen molar-refractivity contribution in [3.8, 4) is 0 Å². The molecule has 0 aromatic heterocycles. The van der Waals surface area contributed by atoms with Crippen LogP contribution in [0.4, 0.5) is 5.69 Å². The molecule has 0 aliphatic carbocycles. The van der Waals surface area contributed by atoms with Crippen LogP contribution in [-0.2, 0) is 6.42 Å². The molecule has 0 saturated heterocycles. The first-order chi connectivity index (χ1) is 8.18. The third kappa shape index (κ3) is 2.78. The van der Waals surface area contributed by atoms with Gasteiger partial charge in [0.1, 0.15) is 0 Å². The largest absolute Gasteiger partial charge is 0.388 e. The van der Waals surface area contributed by atoms with Crippen LogP contribution in [-0.4, -0.2) is 18.4 Å². The molecule has 0 radical (unpaired) electrons. The van der Waals surface area contributed by atoms with E-state index in [9.17, 15) is 0 Å². The number of nitrogens with zero attached hydrogens (tertiary/aromatic N) is 1. The van der Waals surface area contributed by atoms with E-state index in [1.54, 1.807) is 0 Å². The van der Waals surface area contributed by atoms with Gasteiger partial charge in [-0.3, -0.25) is 5.41 Å². The Hall–Kier alpha value is -1.51. The van der Waals surface area contributed by atoms with Crippen LogP contribution >= 0.6 is 0 Å². The van der Waals surface area contributed by atoms with Crippen LogP contribution in [0.3, 0.4) is 0 Å². The lowest BCUT2D eigenvalue weighted by atomic mass is 10.1. The zero-order valence-electron chi connectivity index (χ0n) is 10.4. The average Bonchev–Trinajstić information content (AvgIpc) is 2.50. The van der Waals surface area contributed by atoms with Gasteiger partial charge in [0.25, 0.3) is 0 Å². The molecule has 17 heavy (non-hydrogen) atoms. The Morgan fingerprint density at radius 1 is 1.41 bits per heavy atom. The zero-order chi connectivity index (χ0) is 12.3.